The molecule has 1 aromatic rings. The van der Waals surface area contributed by atoms with Gasteiger partial charge in [0.15, 0.2) is 6.10 Å². The summed E-state index contributed by atoms with van der Waals surface area (Å²) in [7, 11) is 1.55. The van der Waals surface area contributed by atoms with E-state index in [1.165, 1.54) is 12.5 Å². The third kappa shape index (κ3) is 7.49. The number of benzene rings is 1. The van der Waals surface area contributed by atoms with E-state index in [1.54, 1.807) is 7.11 Å². The van der Waals surface area contributed by atoms with Crippen molar-refractivity contribution in [2.24, 2.45) is 5.41 Å². The van der Waals surface area contributed by atoms with Gasteiger partial charge in [0.2, 0.25) is 5.79 Å². The van der Waals surface area contributed by atoms with E-state index in [-0.39, 0.29) is 5.97 Å². The molecular weight excluding hydrogens is 420 g/mol. The minimum atomic E-state index is -1.27. The number of allylic oxidation sites excluding steroid dienone is 1. The fourth-order valence-corrected chi connectivity index (χ4v) is 4.34. The zero-order valence-corrected chi connectivity index (χ0v) is 20.6. The SMILES string of the molecule is CCCCCCCC(=O)O[C@H]1/C(=C/C=O)CCOC1(OC)C(C)(C)COCc1ccccc1. The molecule has 0 amide bonds. The summed E-state index contributed by atoms with van der Waals surface area (Å²) in [4.78, 5) is 24.1. The summed E-state index contributed by atoms with van der Waals surface area (Å²) in [6.07, 6.45) is 7.42. The lowest BCUT2D eigenvalue weighted by atomic mass is 9.76. The molecule has 1 aliphatic heterocycles. The molecule has 2 atom stereocenters. The second-order valence-corrected chi connectivity index (χ2v) is 9.24. The van der Waals surface area contributed by atoms with Crippen molar-refractivity contribution in [1.82, 2.24) is 0 Å². The van der Waals surface area contributed by atoms with Gasteiger partial charge < -0.3 is 18.9 Å². The van der Waals surface area contributed by atoms with Crippen LogP contribution in [0.15, 0.2) is 42.0 Å². The molecule has 1 saturated heterocycles. The van der Waals surface area contributed by atoms with E-state index >= 15 is 0 Å². The van der Waals surface area contributed by atoms with E-state index in [0.29, 0.717) is 38.2 Å². The molecule has 0 N–H and O–H groups in total. The molecule has 0 radical (unpaired) electrons. The lowest BCUT2D eigenvalue weighted by molar-refractivity contribution is -0.334. The average Bonchev–Trinajstić information content (AvgIpc) is 2.80. The Kier molecular flexibility index (Phi) is 11.2. The Balaban J connectivity index is 2.15. The first-order valence-electron chi connectivity index (χ1n) is 12.0. The van der Waals surface area contributed by atoms with Gasteiger partial charge in [0.05, 0.1) is 19.8 Å². The molecule has 0 saturated carbocycles. The molecule has 0 spiro atoms. The van der Waals surface area contributed by atoms with Crippen molar-refractivity contribution < 1.29 is 28.5 Å². The van der Waals surface area contributed by atoms with Crippen LogP contribution >= 0.6 is 0 Å². The van der Waals surface area contributed by atoms with Crippen molar-refractivity contribution in [2.75, 3.05) is 20.3 Å². The van der Waals surface area contributed by atoms with Crippen molar-refractivity contribution in [3.63, 3.8) is 0 Å². The Labute approximate surface area is 198 Å². The lowest BCUT2D eigenvalue weighted by Gasteiger charge is -2.51. The van der Waals surface area contributed by atoms with Gasteiger partial charge in [0, 0.05) is 18.9 Å². The third-order valence-corrected chi connectivity index (χ3v) is 6.23. The second kappa shape index (κ2) is 13.6. The quantitative estimate of drug-likeness (QED) is 0.160. The molecule has 6 heteroatoms. The molecule has 0 aliphatic carbocycles. The van der Waals surface area contributed by atoms with Gasteiger partial charge in [-0.25, -0.2) is 0 Å². The predicted molar refractivity (Wildman–Crippen MR) is 128 cm³/mol. The number of carbonyl (C=O) groups excluding carboxylic acids is 2. The number of carbonyl (C=O) groups is 2. The van der Waals surface area contributed by atoms with Crippen LogP contribution in [0.3, 0.4) is 0 Å². The number of ether oxygens (including phenoxy) is 4. The second-order valence-electron chi connectivity index (χ2n) is 9.24. The summed E-state index contributed by atoms with van der Waals surface area (Å²) in [6, 6.07) is 9.92. The molecule has 1 aromatic carbocycles. The van der Waals surface area contributed by atoms with Gasteiger partial charge in [0.25, 0.3) is 0 Å². The van der Waals surface area contributed by atoms with Gasteiger partial charge in [-0.05, 0) is 30.1 Å². The molecule has 1 aliphatic rings. The molecule has 0 aromatic heterocycles. The third-order valence-electron chi connectivity index (χ3n) is 6.23. The first-order chi connectivity index (χ1) is 15.9. The van der Waals surface area contributed by atoms with Gasteiger partial charge >= 0.3 is 5.97 Å². The summed E-state index contributed by atoms with van der Waals surface area (Å²) in [5.41, 5.74) is 1.09. The van der Waals surface area contributed by atoms with E-state index in [4.69, 9.17) is 18.9 Å². The average molecular weight is 461 g/mol. The number of aldehydes is 1. The highest BCUT2D eigenvalue weighted by Crippen LogP contribution is 2.45. The first kappa shape index (κ1) is 27.2. The Bertz CT molecular complexity index is 757. The number of unbranched alkanes of at least 4 members (excludes halogenated alkanes) is 4. The van der Waals surface area contributed by atoms with Crippen molar-refractivity contribution in [3.8, 4) is 0 Å². The first-order valence-corrected chi connectivity index (χ1v) is 12.0. The predicted octanol–water partition coefficient (Wildman–Crippen LogP) is 5.39. The van der Waals surface area contributed by atoms with Crippen molar-refractivity contribution in [1.29, 1.82) is 0 Å². The lowest BCUT2D eigenvalue weighted by Crippen LogP contribution is -2.62. The smallest absolute Gasteiger partial charge is 0.306 e. The van der Waals surface area contributed by atoms with Gasteiger partial charge in [0.1, 0.15) is 6.29 Å². The maximum Gasteiger partial charge on any atom is 0.306 e. The van der Waals surface area contributed by atoms with E-state index in [9.17, 15) is 9.59 Å². The fourth-order valence-electron chi connectivity index (χ4n) is 4.34. The summed E-state index contributed by atoms with van der Waals surface area (Å²) in [6.45, 7) is 7.22. The number of hydrogen-bond acceptors (Lipinski definition) is 6. The summed E-state index contributed by atoms with van der Waals surface area (Å²) in [5, 5.41) is 0. The van der Waals surface area contributed by atoms with Crippen LogP contribution in [0.4, 0.5) is 0 Å². The highest BCUT2D eigenvalue weighted by atomic mass is 16.7. The zero-order valence-electron chi connectivity index (χ0n) is 20.6. The highest BCUT2D eigenvalue weighted by molar-refractivity contribution is 5.71. The van der Waals surface area contributed by atoms with Crippen LogP contribution in [0.2, 0.25) is 0 Å². The Morgan fingerprint density at radius 3 is 2.58 bits per heavy atom. The van der Waals surface area contributed by atoms with E-state index in [1.807, 2.05) is 44.2 Å². The van der Waals surface area contributed by atoms with Crippen LogP contribution in [-0.4, -0.2) is 44.5 Å². The largest absolute Gasteiger partial charge is 0.452 e. The Morgan fingerprint density at radius 2 is 1.91 bits per heavy atom. The minimum absolute atomic E-state index is 0.304. The van der Waals surface area contributed by atoms with Gasteiger partial charge in [-0.3, -0.25) is 9.59 Å². The van der Waals surface area contributed by atoms with Crippen molar-refractivity contribution in [3.05, 3.63) is 47.5 Å². The Hall–Kier alpha value is -2.02. The van der Waals surface area contributed by atoms with Gasteiger partial charge in [-0.2, -0.15) is 0 Å². The van der Waals surface area contributed by atoms with Crippen LogP contribution in [0.5, 0.6) is 0 Å². The minimum Gasteiger partial charge on any atom is -0.452 e. The molecule has 184 valence electrons. The molecule has 1 fully saturated rings. The van der Waals surface area contributed by atoms with Crippen LogP contribution in [0.1, 0.15) is 71.3 Å². The van der Waals surface area contributed by atoms with E-state index in [0.717, 1.165) is 37.5 Å². The number of esters is 1. The number of methoxy groups -OCH3 is 1. The van der Waals surface area contributed by atoms with Gasteiger partial charge in [-0.1, -0.05) is 76.8 Å². The van der Waals surface area contributed by atoms with Crippen LogP contribution < -0.4 is 0 Å². The topological polar surface area (TPSA) is 71.1 Å². The number of rotatable bonds is 14. The van der Waals surface area contributed by atoms with Crippen LogP contribution in [-0.2, 0) is 35.1 Å². The summed E-state index contributed by atoms with van der Waals surface area (Å²) < 4.78 is 24.1. The monoisotopic (exact) mass is 460 g/mol. The van der Waals surface area contributed by atoms with Crippen molar-refractivity contribution in [2.45, 2.75) is 84.2 Å². The molecule has 2 rings (SSSR count). The van der Waals surface area contributed by atoms with E-state index < -0.39 is 17.3 Å². The Morgan fingerprint density at radius 1 is 1.18 bits per heavy atom. The van der Waals surface area contributed by atoms with E-state index in [2.05, 4.69) is 6.92 Å². The van der Waals surface area contributed by atoms with Crippen LogP contribution in [0, 0.1) is 5.41 Å². The maximum atomic E-state index is 12.7. The standard InChI is InChI=1S/C27H40O6/c1-5-6-7-8-12-15-24(29)33-25-23(16-18-28)17-19-32-27(25,30-4)26(2,3)21-31-20-22-13-10-9-11-14-22/h9-11,13-14,16,18,25H,5-8,12,15,17,19-21H2,1-4H3/b23-16+/t25-,27?/m0/s1. The fraction of sp³-hybridized carbons (Fsp3) is 0.630. The summed E-state index contributed by atoms with van der Waals surface area (Å²) in [5.74, 6) is -1.57. The number of hydrogen-bond donors (Lipinski definition) is 0. The molecule has 1 unspecified atom stereocenters. The molecule has 1 heterocycles. The highest BCUT2D eigenvalue weighted by Gasteiger charge is 2.57. The van der Waals surface area contributed by atoms with Gasteiger partial charge in [-0.15, -0.1) is 0 Å². The van der Waals surface area contributed by atoms with Crippen molar-refractivity contribution >= 4 is 12.3 Å². The van der Waals surface area contributed by atoms with Crippen LogP contribution in [0.25, 0.3) is 0 Å². The molecule has 6 nitrogen and oxygen atoms in total. The molecule has 33 heavy (non-hydrogen) atoms. The normalized spacial score (nSPS) is 22.3. The molecular formula is C27H40O6. The molecule has 0 bridgehead atoms. The maximum absolute atomic E-state index is 12.7. The summed E-state index contributed by atoms with van der Waals surface area (Å²) >= 11 is 0. The zero-order chi connectivity index (χ0) is 24.2.